The van der Waals surface area contributed by atoms with Gasteiger partial charge in [-0.1, -0.05) is 60.3 Å². The zero-order valence-electron chi connectivity index (χ0n) is 20.6. The predicted octanol–water partition coefficient (Wildman–Crippen LogP) is 5.02. The zero-order chi connectivity index (χ0) is 26.3. The molecule has 1 unspecified atom stereocenters. The van der Waals surface area contributed by atoms with Crippen molar-refractivity contribution in [3.63, 3.8) is 0 Å². The molecule has 0 aromatic heterocycles. The van der Waals surface area contributed by atoms with Crippen molar-refractivity contribution >= 4 is 50.7 Å². The molecule has 2 aromatic rings. The summed E-state index contributed by atoms with van der Waals surface area (Å²) in [5, 5.41) is 3.85. The van der Waals surface area contributed by atoms with Crippen molar-refractivity contribution in [2.24, 2.45) is 0 Å². The number of halogens is 2. The van der Waals surface area contributed by atoms with Gasteiger partial charge in [0.15, 0.2) is 0 Å². The van der Waals surface area contributed by atoms with Crippen LogP contribution in [0.5, 0.6) is 0 Å². The normalized spacial score (nSPS) is 14.9. The van der Waals surface area contributed by atoms with Crippen LogP contribution in [0.3, 0.4) is 0 Å². The Morgan fingerprint density at radius 3 is 2.33 bits per heavy atom. The van der Waals surface area contributed by atoms with Gasteiger partial charge in [0, 0.05) is 25.6 Å². The number of rotatable bonds is 11. The molecule has 0 saturated heterocycles. The highest BCUT2D eigenvalue weighted by atomic mass is 35.5. The molecular weight excluding hydrogens is 521 g/mol. The molecule has 2 amide bonds. The van der Waals surface area contributed by atoms with E-state index in [-0.39, 0.29) is 37.4 Å². The molecule has 0 spiro atoms. The van der Waals surface area contributed by atoms with Gasteiger partial charge in [-0.3, -0.25) is 13.9 Å². The molecule has 196 valence electrons. The molecule has 2 aromatic carbocycles. The van der Waals surface area contributed by atoms with Gasteiger partial charge in [0.05, 0.1) is 22.0 Å². The Morgan fingerprint density at radius 2 is 1.72 bits per heavy atom. The summed E-state index contributed by atoms with van der Waals surface area (Å²) in [6.45, 7) is 2.05. The second-order valence-electron chi connectivity index (χ2n) is 9.21. The lowest BCUT2D eigenvalue weighted by molar-refractivity contribution is -0.141. The summed E-state index contributed by atoms with van der Waals surface area (Å²) in [5.74, 6) is -0.436. The van der Waals surface area contributed by atoms with E-state index in [0.29, 0.717) is 22.2 Å². The SMILES string of the molecule is CC(C(=O)NC1CCCC1)N(Cc1ccc(Cl)c(Cl)c1)C(=O)CCCN(c1ccccc1)S(C)(=O)=O. The van der Waals surface area contributed by atoms with Crippen molar-refractivity contribution in [2.75, 3.05) is 17.1 Å². The first kappa shape index (κ1) is 28.3. The molecule has 1 aliphatic carbocycles. The van der Waals surface area contributed by atoms with Gasteiger partial charge in [-0.2, -0.15) is 0 Å². The number of nitrogens with zero attached hydrogens (tertiary/aromatic N) is 2. The van der Waals surface area contributed by atoms with Crippen LogP contribution >= 0.6 is 23.2 Å². The van der Waals surface area contributed by atoms with E-state index in [2.05, 4.69) is 5.32 Å². The lowest BCUT2D eigenvalue weighted by atomic mass is 10.1. The summed E-state index contributed by atoms with van der Waals surface area (Å²) in [6, 6.07) is 13.3. The minimum absolute atomic E-state index is 0.0845. The first-order valence-electron chi connectivity index (χ1n) is 12.1. The average Bonchev–Trinajstić information content (AvgIpc) is 3.34. The lowest BCUT2D eigenvalue weighted by Gasteiger charge is -2.30. The fourth-order valence-corrected chi connectivity index (χ4v) is 5.69. The van der Waals surface area contributed by atoms with Crippen molar-refractivity contribution in [1.82, 2.24) is 10.2 Å². The smallest absolute Gasteiger partial charge is 0.242 e. The van der Waals surface area contributed by atoms with Gasteiger partial charge < -0.3 is 10.2 Å². The lowest BCUT2D eigenvalue weighted by Crippen LogP contribution is -2.49. The third-order valence-electron chi connectivity index (χ3n) is 6.40. The highest BCUT2D eigenvalue weighted by Gasteiger charge is 2.29. The summed E-state index contributed by atoms with van der Waals surface area (Å²) in [4.78, 5) is 27.9. The van der Waals surface area contributed by atoms with Gasteiger partial charge in [-0.25, -0.2) is 8.42 Å². The third kappa shape index (κ3) is 7.85. The molecule has 10 heteroatoms. The summed E-state index contributed by atoms with van der Waals surface area (Å²) in [5.41, 5.74) is 1.30. The van der Waals surface area contributed by atoms with Gasteiger partial charge in [0.1, 0.15) is 6.04 Å². The van der Waals surface area contributed by atoms with E-state index >= 15 is 0 Å². The third-order valence-corrected chi connectivity index (χ3v) is 8.34. The maximum atomic E-state index is 13.4. The molecule has 0 radical (unpaired) electrons. The number of amides is 2. The first-order valence-corrected chi connectivity index (χ1v) is 14.7. The predicted molar refractivity (Wildman–Crippen MR) is 145 cm³/mol. The van der Waals surface area contributed by atoms with Crippen molar-refractivity contribution < 1.29 is 18.0 Å². The quantitative estimate of drug-likeness (QED) is 0.423. The van der Waals surface area contributed by atoms with Crippen LogP contribution in [0.4, 0.5) is 5.69 Å². The number of hydrogen-bond donors (Lipinski definition) is 1. The highest BCUT2D eigenvalue weighted by Crippen LogP contribution is 2.25. The fraction of sp³-hybridized carbons (Fsp3) is 0.462. The number of carbonyl (C=O) groups excluding carboxylic acids is 2. The van der Waals surface area contributed by atoms with E-state index < -0.39 is 16.1 Å². The van der Waals surface area contributed by atoms with Crippen LogP contribution in [-0.4, -0.2) is 50.0 Å². The van der Waals surface area contributed by atoms with Gasteiger partial charge >= 0.3 is 0 Å². The van der Waals surface area contributed by atoms with Crippen LogP contribution in [0.2, 0.25) is 10.0 Å². The van der Waals surface area contributed by atoms with Crippen molar-refractivity contribution in [3.8, 4) is 0 Å². The maximum absolute atomic E-state index is 13.4. The van der Waals surface area contributed by atoms with Crippen LogP contribution in [0.1, 0.15) is 51.0 Å². The van der Waals surface area contributed by atoms with E-state index in [9.17, 15) is 18.0 Å². The molecule has 1 aliphatic rings. The minimum Gasteiger partial charge on any atom is -0.352 e. The number of para-hydroxylation sites is 1. The molecule has 36 heavy (non-hydrogen) atoms. The van der Waals surface area contributed by atoms with E-state index in [1.807, 2.05) is 6.07 Å². The van der Waals surface area contributed by atoms with Gasteiger partial charge in [0.2, 0.25) is 21.8 Å². The minimum atomic E-state index is -3.52. The number of nitrogens with one attached hydrogen (secondary N) is 1. The largest absolute Gasteiger partial charge is 0.352 e. The molecule has 0 aliphatic heterocycles. The molecule has 7 nitrogen and oxygen atoms in total. The summed E-state index contributed by atoms with van der Waals surface area (Å²) < 4.78 is 26.0. The van der Waals surface area contributed by atoms with E-state index in [1.165, 1.54) is 9.21 Å². The Labute approximate surface area is 223 Å². The topological polar surface area (TPSA) is 86.8 Å². The molecule has 1 saturated carbocycles. The van der Waals surface area contributed by atoms with E-state index in [4.69, 9.17) is 23.2 Å². The van der Waals surface area contributed by atoms with Gasteiger partial charge in [0.25, 0.3) is 0 Å². The van der Waals surface area contributed by atoms with E-state index in [0.717, 1.165) is 37.5 Å². The Bertz CT molecular complexity index is 1160. The number of hydrogen-bond acceptors (Lipinski definition) is 4. The zero-order valence-corrected chi connectivity index (χ0v) is 23.0. The second kappa shape index (κ2) is 12.8. The molecule has 0 bridgehead atoms. The first-order chi connectivity index (χ1) is 17.1. The summed E-state index contributed by atoms with van der Waals surface area (Å²) >= 11 is 12.2. The van der Waals surface area contributed by atoms with Crippen LogP contribution in [0.15, 0.2) is 48.5 Å². The number of sulfonamides is 1. The molecule has 0 heterocycles. The van der Waals surface area contributed by atoms with Crippen LogP contribution in [-0.2, 0) is 26.2 Å². The summed E-state index contributed by atoms with van der Waals surface area (Å²) in [6.07, 6.45) is 5.59. The molecule has 3 rings (SSSR count). The van der Waals surface area contributed by atoms with Crippen molar-refractivity contribution in [3.05, 3.63) is 64.1 Å². The summed E-state index contributed by atoms with van der Waals surface area (Å²) in [7, 11) is -3.52. The maximum Gasteiger partial charge on any atom is 0.242 e. The number of carbonyl (C=O) groups is 2. The molecular formula is C26H33Cl2N3O4S. The molecule has 1 N–H and O–H groups in total. The highest BCUT2D eigenvalue weighted by molar-refractivity contribution is 7.92. The average molecular weight is 555 g/mol. The Balaban J connectivity index is 1.72. The van der Waals surface area contributed by atoms with Crippen LogP contribution < -0.4 is 9.62 Å². The van der Waals surface area contributed by atoms with Crippen LogP contribution in [0, 0.1) is 0 Å². The van der Waals surface area contributed by atoms with Crippen molar-refractivity contribution in [1.29, 1.82) is 0 Å². The number of benzene rings is 2. The monoisotopic (exact) mass is 553 g/mol. The molecule has 1 fully saturated rings. The molecule has 1 atom stereocenters. The van der Waals surface area contributed by atoms with Crippen molar-refractivity contribution in [2.45, 2.75) is 64.1 Å². The number of anilines is 1. The Hall–Kier alpha value is -2.29. The van der Waals surface area contributed by atoms with E-state index in [1.54, 1.807) is 49.4 Å². The van der Waals surface area contributed by atoms with Gasteiger partial charge in [-0.05, 0) is 56.0 Å². The standard InChI is InChI=1S/C26H33Cl2N3O4S/c1-19(26(33)29-21-9-6-7-10-21)30(18-20-14-15-23(27)24(28)17-20)25(32)13-8-16-31(36(2,34)35)22-11-4-3-5-12-22/h3-5,11-12,14-15,17,19,21H,6-10,13,16,18H2,1-2H3,(H,29,33). The van der Waals surface area contributed by atoms with Crippen LogP contribution in [0.25, 0.3) is 0 Å². The Morgan fingerprint density at radius 1 is 1.06 bits per heavy atom. The fourth-order valence-electron chi connectivity index (χ4n) is 4.41. The van der Waals surface area contributed by atoms with Gasteiger partial charge in [-0.15, -0.1) is 0 Å². The second-order valence-corrected chi connectivity index (χ2v) is 11.9. The Kier molecular flexibility index (Phi) is 10.0.